The van der Waals surface area contributed by atoms with Crippen molar-refractivity contribution in [3.63, 3.8) is 0 Å². The first kappa shape index (κ1) is 11.7. The number of phenolic OH excluding ortho intramolecular Hbond substituents is 1. The summed E-state index contributed by atoms with van der Waals surface area (Å²) in [6.45, 7) is -0.0559. The molecular formula is C12H16N2O3. The molecule has 1 aliphatic rings. The maximum Gasteiger partial charge on any atom is 0.251 e. The second-order valence-corrected chi connectivity index (χ2v) is 4.52. The molecule has 0 aromatic heterocycles. The molecule has 0 saturated heterocycles. The normalized spacial score (nSPS) is 17.2. The number of hydrogen-bond donors (Lipinski definition) is 4. The van der Waals surface area contributed by atoms with Crippen molar-refractivity contribution in [2.75, 3.05) is 12.3 Å². The van der Waals surface area contributed by atoms with E-state index < -0.39 is 5.54 Å². The number of nitrogen functional groups attached to an aromatic ring is 1. The summed E-state index contributed by atoms with van der Waals surface area (Å²) in [5.41, 5.74) is 5.56. The molecule has 5 N–H and O–H groups in total. The van der Waals surface area contributed by atoms with E-state index in [2.05, 4.69) is 5.32 Å². The van der Waals surface area contributed by atoms with Crippen molar-refractivity contribution in [2.24, 2.45) is 0 Å². The summed E-state index contributed by atoms with van der Waals surface area (Å²) in [4.78, 5) is 11.9. The highest BCUT2D eigenvalue weighted by Gasteiger charge is 2.37. The Bertz CT molecular complexity index is 436. The summed E-state index contributed by atoms with van der Waals surface area (Å²) in [7, 11) is 0. The molecule has 0 bridgehead atoms. The third-order valence-electron chi connectivity index (χ3n) is 3.28. The highest BCUT2D eigenvalue weighted by atomic mass is 16.3. The Labute approximate surface area is 99.3 Å². The fourth-order valence-corrected chi connectivity index (χ4v) is 1.92. The van der Waals surface area contributed by atoms with E-state index in [-0.39, 0.29) is 24.0 Å². The van der Waals surface area contributed by atoms with Gasteiger partial charge in [0.2, 0.25) is 0 Å². The number of carbonyl (C=O) groups excluding carboxylic acids is 1. The molecular weight excluding hydrogens is 220 g/mol. The summed E-state index contributed by atoms with van der Waals surface area (Å²) in [6.07, 6.45) is 2.58. The van der Waals surface area contributed by atoms with Crippen molar-refractivity contribution in [1.82, 2.24) is 5.32 Å². The van der Waals surface area contributed by atoms with Crippen LogP contribution in [0, 0.1) is 0 Å². The van der Waals surface area contributed by atoms with Gasteiger partial charge < -0.3 is 21.3 Å². The molecule has 0 aliphatic heterocycles. The molecule has 1 aromatic rings. The summed E-state index contributed by atoms with van der Waals surface area (Å²) in [5, 5.41) is 21.5. The Morgan fingerprint density at radius 2 is 2.18 bits per heavy atom. The molecule has 1 aliphatic carbocycles. The predicted molar refractivity (Wildman–Crippen MR) is 63.7 cm³/mol. The van der Waals surface area contributed by atoms with Crippen LogP contribution in [0.2, 0.25) is 0 Å². The van der Waals surface area contributed by atoms with Crippen molar-refractivity contribution >= 4 is 11.6 Å². The smallest absolute Gasteiger partial charge is 0.251 e. The van der Waals surface area contributed by atoms with Gasteiger partial charge in [0.25, 0.3) is 5.91 Å². The van der Waals surface area contributed by atoms with Crippen LogP contribution in [0.25, 0.3) is 0 Å². The number of aromatic hydroxyl groups is 1. The summed E-state index contributed by atoms with van der Waals surface area (Å²) >= 11 is 0. The number of carbonyl (C=O) groups is 1. The molecule has 1 fully saturated rings. The van der Waals surface area contributed by atoms with Gasteiger partial charge in [-0.25, -0.2) is 0 Å². The van der Waals surface area contributed by atoms with Gasteiger partial charge in [-0.2, -0.15) is 0 Å². The first-order valence-corrected chi connectivity index (χ1v) is 5.58. The summed E-state index contributed by atoms with van der Waals surface area (Å²) < 4.78 is 0. The fourth-order valence-electron chi connectivity index (χ4n) is 1.92. The number of nitrogens with one attached hydrogen (secondary N) is 1. The first-order valence-electron chi connectivity index (χ1n) is 5.58. The lowest BCUT2D eigenvalue weighted by atomic mass is 9.77. The van der Waals surface area contributed by atoms with E-state index in [0.717, 1.165) is 19.3 Å². The zero-order valence-corrected chi connectivity index (χ0v) is 9.44. The third-order valence-corrected chi connectivity index (χ3v) is 3.28. The zero-order chi connectivity index (χ0) is 12.5. The summed E-state index contributed by atoms with van der Waals surface area (Å²) in [5.74, 6) is -0.404. The topological polar surface area (TPSA) is 95.6 Å². The van der Waals surface area contributed by atoms with Crippen LogP contribution in [-0.4, -0.2) is 28.3 Å². The Kier molecular flexibility index (Phi) is 2.93. The van der Waals surface area contributed by atoms with E-state index in [4.69, 9.17) is 5.73 Å². The minimum absolute atomic E-state index is 0.0559. The zero-order valence-electron chi connectivity index (χ0n) is 9.44. The predicted octanol–water partition coefficient (Wildman–Crippen LogP) is 0.619. The third kappa shape index (κ3) is 2.19. The second kappa shape index (κ2) is 4.25. The first-order chi connectivity index (χ1) is 8.06. The van der Waals surface area contributed by atoms with Crippen LogP contribution in [0.15, 0.2) is 18.2 Å². The van der Waals surface area contributed by atoms with Crippen LogP contribution in [0.4, 0.5) is 5.69 Å². The number of aliphatic hydroxyl groups excluding tert-OH is 1. The van der Waals surface area contributed by atoms with Gasteiger partial charge in [-0.05, 0) is 37.5 Å². The molecule has 17 heavy (non-hydrogen) atoms. The molecule has 2 rings (SSSR count). The lowest BCUT2D eigenvalue weighted by Gasteiger charge is -2.40. The Morgan fingerprint density at radius 3 is 2.65 bits per heavy atom. The van der Waals surface area contributed by atoms with Crippen LogP contribution < -0.4 is 11.1 Å². The highest BCUT2D eigenvalue weighted by molar-refractivity contribution is 5.95. The van der Waals surface area contributed by atoms with E-state index in [9.17, 15) is 15.0 Å². The van der Waals surface area contributed by atoms with Crippen LogP contribution in [0.5, 0.6) is 5.75 Å². The van der Waals surface area contributed by atoms with Crippen LogP contribution in [-0.2, 0) is 0 Å². The maximum absolute atomic E-state index is 11.9. The molecule has 5 heteroatoms. The Balaban J connectivity index is 2.11. The van der Waals surface area contributed by atoms with Crippen LogP contribution in [0.3, 0.4) is 0 Å². The van der Waals surface area contributed by atoms with Gasteiger partial charge in [0.1, 0.15) is 5.75 Å². The van der Waals surface area contributed by atoms with Crippen LogP contribution >= 0.6 is 0 Å². The average Bonchev–Trinajstić information content (AvgIpc) is 2.27. The fraction of sp³-hybridized carbons (Fsp3) is 0.417. The largest absolute Gasteiger partial charge is 0.506 e. The Morgan fingerprint density at radius 1 is 1.47 bits per heavy atom. The molecule has 0 unspecified atom stereocenters. The van der Waals surface area contributed by atoms with Gasteiger partial charge >= 0.3 is 0 Å². The van der Waals surface area contributed by atoms with E-state index in [1.54, 1.807) is 6.07 Å². The molecule has 0 heterocycles. The number of benzene rings is 1. The van der Waals surface area contributed by atoms with Gasteiger partial charge in [0, 0.05) is 5.56 Å². The number of rotatable bonds is 3. The number of amides is 1. The number of nitrogens with two attached hydrogens (primary N) is 1. The van der Waals surface area contributed by atoms with Gasteiger partial charge in [-0.1, -0.05) is 0 Å². The number of anilines is 1. The molecule has 1 amide bonds. The average molecular weight is 236 g/mol. The van der Waals surface area contributed by atoms with Gasteiger partial charge in [-0.15, -0.1) is 0 Å². The molecule has 1 aromatic carbocycles. The second-order valence-electron chi connectivity index (χ2n) is 4.52. The molecule has 1 saturated carbocycles. The lowest BCUT2D eigenvalue weighted by molar-refractivity contribution is 0.0641. The monoisotopic (exact) mass is 236 g/mol. The van der Waals surface area contributed by atoms with Crippen molar-refractivity contribution in [1.29, 1.82) is 0 Å². The molecule has 0 atom stereocenters. The quantitative estimate of drug-likeness (QED) is 0.457. The van der Waals surface area contributed by atoms with Crippen molar-refractivity contribution in [2.45, 2.75) is 24.8 Å². The van der Waals surface area contributed by atoms with Gasteiger partial charge in [0.05, 0.1) is 17.8 Å². The Hall–Kier alpha value is -1.75. The van der Waals surface area contributed by atoms with E-state index in [1.165, 1.54) is 12.1 Å². The van der Waals surface area contributed by atoms with Crippen molar-refractivity contribution in [3.8, 4) is 5.75 Å². The number of phenols is 1. The van der Waals surface area contributed by atoms with Gasteiger partial charge in [-0.3, -0.25) is 4.79 Å². The SMILES string of the molecule is Nc1ccc(C(=O)NC2(CO)CCC2)cc1O. The van der Waals surface area contributed by atoms with E-state index in [0.29, 0.717) is 5.56 Å². The minimum Gasteiger partial charge on any atom is -0.506 e. The minimum atomic E-state index is -0.478. The van der Waals surface area contributed by atoms with E-state index in [1.807, 2.05) is 0 Å². The van der Waals surface area contributed by atoms with Crippen LogP contribution in [0.1, 0.15) is 29.6 Å². The van der Waals surface area contributed by atoms with Crippen molar-refractivity contribution in [3.05, 3.63) is 23.8 Å². The van der Waals surface area contributed by atoms with Gasteiger partial charge in [0.15, 0.2) is 0 Å². The molecule has 5 nitrogen and oxygen atoms in total. The maximum atomic E-state index is 11.9. The molecule has 0 spiro atoms. The number of aliphatic hydroxyl groups is 1. The summed E-state index contributed by atoms with van der Waals surface area (Å²) in [6, 6.07) is 4.36. The number of hydrogen-bond acceptors (Lipinski definition) is 4. The van der Waals surface area contributed by atoms with Crippen molar-refractivity contribution < 1.29 is 15.0 Å². The molecule has 0 radical (unpaired) electrons. The standard InChI is InChI=1S/C12H16N2O3/c13-9-3-2-8(6-10(9)16)11(17)14-12(7-15)4-1-5-12/h2-3,6,15-16H,1,4-5,7,13H2,(H,14,17). The van der Waals surface area contributed by atoms with E-state index >= 15 is 0 Å². The highest BCUT2D eigenvalue weighted by Crippen LogP contribution is 2.31. The lowest BCUT2D eigenvalue weighted by Crippen LogP contribution is -2.56. The molecule has 92 valence electrons.